The lowest BCUT2D eigenvalue weighted by molar-refractivity contribution is 0.0986. The van der Waals surface area contributed by atoms with E-state index in [4.69, 9.17) is 0 Å². The first-order chi connectivity index (χ1) is 7.36. The maximum absolute atomic E-state index is 11.7. The van der Waals surface area contributed by atoms with E-state index >= 15 is 0 Å². The Morgan fingerprint density at radius 3 is 2.67 bits per heavy atom. The van der Waals surface area contributed by atoms with Crippen molar-refractivity contribution in [3.8, 4) is 0 Å². The number of carbonyl (C=O) groups is 1. The van der Waals surface area contributed by atoms with Gasteiger partial charge in [0, 0.05) is 18.4 Å². The van der Waals surface area contributed by atoms with Gasteiger partial charge >= 0.3 is 0 Å². The van der Waals surface area contributed by atoms with E-state index in [1.807, 2.05) is 0 Å². The first-order valence-corrected chi connectivity index (χ1v) is 5.38. The highest BCUT2D eigenvalue weighted by atomic mass is 16.1. The van der Waals surface area contributed by atoms with Gasteiger partial charge in [0.05, 0.1) is 12.1 Å². The van der Waals surface area contributed by atoms with Gasteiger partial charge in [-0.2, -0.15) is 0 Å². The summed E-state index contributed by atoms with van der Waals surface area (Å²) in [6, 6.07) is 0.526. The lowest BCUT2D eigenvalue weighted by Crippen LogP contribution is -2.31. The van der Waals surface area contributed by atoms with E-state index < -0.39 is 0 Å². The molecule has 0 amide bonds. The quantitative estimate of drug-likeness (QED) is 0.750. The number of carbonyl (C=O) groups excluding carboxylic acids is 1. The van der Waals surface area contributed by atoms with Crippen molar-refractivity contribution in [2.75, 3.05) is 6.54 Å². The van der Waals surface area contributed by atoms with Crippen molar-refractivity contribution in [1.82, 2.24) is 15.3 Å². The van der Waals surface area contributed by atoms with Gasteiger partial charge in [0.15, 0.2) is 5.78 Å². The van der Waals surface area contributed by atoms with Crippen LogP contribution in [0, 0.1) is 0 Å². The van der Waals surface area contributed by atoms with Crippen LogP contribution in [0.4, 0.5) is 0 Å². The van der Waals surface area contributed by atoms with Gasteiger partial charge in [0.25, 0.3) is 0 Å². The van der Waals surface area contributed by atoms with Gasteiger partial charge in [-0.3, -0.25) is 4.79 Å². The van der Waals surface area contributed by atoms with Crippen LogP contribution in [0.1, 0.15) is 36.0 Å². The summed E-state index contributed by atoms with van der Waals surface area (Å²) in [6.07, 6.45) is 9.50. The summed E-state index contributed by atoms with van der Waals surface area (Å²) in [5.74, 6) is 0.0718. The molecule has 15 heavy (non-hydrogen) atoms. The summed E-state index contributed by atoms with van der Waals surface area (Å²) in [6.45, 7) is 0.401. The van der Waals surface area contributed by atoms with E-state index in [9.17, 15) is 4.79 Å². The molecule has 0 bridgehead atoms. The predicted octanol–water partition coefficient (Wildman–Crippen LogP) is 1.19. The van der Waals surface area contributed by atoms with Crippen molar-refractivity contribution in [3.63, 3.8) is 0 Å². The average Bonchev–Trinajstić information content (AvgIpc) is 2.80. The summed E-state index contributed by atoms with van der Waals surface area (Å²) < 4.78 is 0. The molecule has 0 saturated heterocycles. The fourth-order valence-corrected chi connectivity index (χ4v) is 1.91. The normalized spacial score (nSPS) is 16.8. The Balaban J connectivity index is 1.82. The zero-order valence-corrected chi connectivity index (χ0v) is 8.65. The lowest BCUT2D eigenvalue weighted by atomic mass is 10.2. The molecule has 0 unspecified atom stereocenters. The third kappa shape index (κ3) is 2.83. The predicted molar refractivity (Wildman–Crippen MR) is 56.6 cm³/mol. The van der Waals surface area contributed by atoms with Gasteiger partial charge < -0.3 is 5.32 Å². The molecule has 0 spiro atoms. The number of rotatable bonds is 4. The zero-order chi connectivity index (χ0) is 10.5. The van der Waals surface area contributed by atoms with E-state index in [0.717, 1.165) is 0 Å². The van der Waals surface area contributed by atoms with Crippen LogP contribution in [0.25, 0.3) is 0 Å². The van der Waals surface area contributed by atoms with Crippen LogP contribution in [-0.4, -0.2) is 28.3 Å². The molecular weight excluding hydrogens is 190 g/mol. The fourth-order valence-electron chi connectivity index (χ4n) is 1.91. The largest absolute Gasteiger partial charge is 0.307 e. The molecule has 0 atom stereocenters. The minimum absolute atomic E-state index is 0.0718. The topological polar surface area (TPSA) is 54.9 Å². The molecule has 4 nitrogen and oxygen atoms in total. The van der Waals surface area contributed by atoms with Crippen molar-refractivity contribution < 1.29 is 4.79 Å². The Labute approximate surface area is 89.1 Å². The highest BCUT2D eigenvalue weighted by molar-refractivity contribution is 5.97. The van der Waals surface area contributed by atoms with Gasteiger partial charge in [0.1, 0.15) is 6.33 Å². The molecule has 1 N–H and O–H groups in total. The van der Waals surface area contributed by atoms with Crippen molar-refractivity contribution in [3.05, 3.63) is 24.3 Å². The third-order valence-corrected chi connectivity index (χ3v) is 2.79. The van der Waals surface area contributed by atoms with Crippen LogP contribution in [0.2, 0.25) is 0 Å². The van der Waals surface area contributed by atoms with Gasteiger partial charge in [-0.1, -0.05) is 12.8 Å². The Morgan fingerprint density at radius 1 is 1.33 bits per heavy atom. The standard InChI is InChI=1S/C11H15N3O/c15-11(9-5-12-8-13-6-9)7-14-10-3-1-2-4-10/h5-6,8,10,14H,1-4,7H2. The van der Waals surface area contributed by atoms with Crippen LogP contribution >= 0.6 is 0 Å². The Bertz CT molecular complexity index is 320. The number of ketones is 1. The number of aromatic nitrogens is 2. The second-order valence-electron chi connectivity index (χ2n) is 3.91. The van der Waals surface area contributed by atoms with Crippen LogP contribution in [0.5, 0.6) is 0 Å². The van der Waals surface area contributed by atoms with Gasteiger partial charge in [-0.25, -0.2) is 9.97 Å². The number of hydrogen-bond acceptors (Lipinski definition) is 4. The number of Topliss-reactive ketones (excluding diaryl/α,β-unsaturated/α-hetero) is 1. The summed E-state index contributed by atoms with van der Waals surface area (Å²) in [5.41, 5.74) is 0.586. The number of nitrogens with zero attached hydrogens (tertiary/aromatic N) is 2. The summed E-state index contributed by atoms with van der Waals surface area (Å²) >= 11 is 0. The van der Waals surface area contributed by atoms with E-state index in [2.05, 4.69) is 15.3 Å². The second-order valence-corrected chi connectivity index (χ2v) is 3.91. The Morgan fingerprint density at radius 2 is 2.00 bits per heavy atom. The second kappa shape index (κ2) is 4.98. The first kappa shape index (κ1) is 10.2. The zero-order valence-electron chi connectivity index (χ0n) is 8.65. The summed E-state index contributed by atoms with van der Waals surface area (Å²) in [4.78, 5) is 19.3. The van der Waals surface area contributed by atoms with Crippen LogP contribution < -0.4 is 5.32 Å². The van der Waals surface area contributed by atoms with Crippen molar-refractivity contribution in [1.29, 1.82) is 0 Å². The van der Waals surface area contributed by atoms with Crippen molar-refractivity contribution in [2.24, 2.45) is 0 Å². The maximum atomic E-state index is 11.7. The summed E-state index contributed by atoms with van der Waals surface area (Å²) in [7, 11) is 0. The highest BCUT2D eigenvalue weighted by Gasteiger charge is 2.15. The molecule has 1 fully saturated rings. The highest BCUT2D eigenvalue weighted by Crippen LogP contribution is 2.17. The smallest absolute Gasteiger partial charge is 0.179 e. The Kier molecular flexibility index (Phi) is 3.40. The fraction of sp³-hybridized carbons (Fsp3) is 0.545. The SMILES string of the molecule is O=C(CNC1CCCC1)c1cncnc1. The third-order valence-electron chi connectivity index (χ3n) is 2.79. The van der Waals surface area contributed by atoms with E-state index in [1.54, 1.807) is 12.4 Å². The first-order valence-electron chi connectivity index (χ1n) is 5.38. The molecule has 4 heteroatoms. The molecule has 1 aliphatic carbocycles. The van der Waals surface area contributed by atoms with Crippen LogP contribution in [0.15, 0.2) is 18.7 Å². The van der Waals surface area contributed by atoms with E-state index in [-0.39, 0.29) is 5.78 Å². The van der Waals surface area contributed by atoms with Gasteiger partial charge in [0.2, 0.25) is 0 Å². The molecule has 1 aromatic heterocycles. The van der Waals surface area contributed by atoms with Crippen LogP contribution in [0.3, 0.4) is 0 Å². The molecule has 2 rings (SSSR count). The van der Waals surface area contributed by atoms with E-state index in [1.165, 1.54) is 32.0 Å². The van der Waals surface area contributed by atoms with Crippen molar-refractivity contribution >= 4 is 5.78 Å². The minimum atomic E-state index is 0.0718. The molecule has 1 saturated carbocycles. The molecule has 0 aromatic carbocycles. The molecular formula is C11H15N3O. The molecule has 1 heterocycles. The molecule has 1 aliphatic rings. The minimum Gasteiger partial charge on any atom is -0.307 e. The molecule has 80 valence electrons. The monoisotopic (exact) mass is 205 g/mol. The van der Waals surface area contributed by atoms with E-state index in [0.29, 0.717) is 18.2 Å². The van der Waals surface area contributed by atoms with Crippen molar-refractivity contribution in [2.45, 2.75) is 31.7 Å². The molecule has 0 aliphatic heterocycles. The van der Waals surface area contributed by atoms with Crippen LogP contribution in [-0.2, 0) is 0 Å². The molecule has 1 aromatic rings. The number of nitrogens with one attached hydrogen (secondary N) is 1. The Hall–Kier alpha value is -1.29. The van der Waals surface area contributed by atoms with Gasteiger partial charge in [-0.05, 0) is 12.8 Å². The number of hydrogen-bond donors (Lipinski definition) is 1. The maximum Gasteiger partial charge on any atom is 0.179 e. The lowest BCUT2D eigenvalue weighted by Gasteiger charge is -2.10. The van der Waals surface area contributed by atoms with Gasteiger partial charge in [-0.15, -0.1) is 0 Å². The summed E-state index contributed by atoms with van der Waals surface area (Å²) in [5, 5.41) is 3.27. The average molecular weight is 205 g/mol. The molecule has 0 radical (unpaired) electrons.